The van der Waals surface area contributed by atoms with Crippen molar-refractivity contribution < 1.29 is 14.6 Å². The molecule has 0 aliphatic heterocycles. The van der Waals surface area contributed by atoms with Crippen LogP contribution in [-0.4, -0.2) is 29.8 Å². The number of nitrogens with one attached hydrogen (secondary N) is 1. The second kappa shape index (κ2) is 6.91. The van der Waals surface area contributed by atoms with Crippen LogP contribution in [0.1, 0.15) is 20.3 Å². The predicted molar refractivity (Wildman–Crippen MR) is 65.8 cm³/mol. The van der Waals surface area contributed by atoms with Gasteiger partial charge in [-0.2, -0.15) is 0 Å². The quantitative estimate of drug-likeness (QED) is 0.785. The normalized spacial score (nSPS) is 13.8. The SMILES string of the molecule is CCC(Oc1ccccc1)C(=O)NC[C@H](C)O. The number of aliphatic hydroxyl groups is 1. The summed E-state index contributed by atoms with van der Waals surface area (Å²) in [5.41, 5.74) is 0. The first-order valence-corrected chi connectivity index (χ1v) is 5.81. The second-order valence-electron chi connectivity index (χ2n) is 3.92. The number of rotatable bonds is 6. The van der Waals surface area contributed by atoms with Gasteiger partial charge in [0.2, 0.25) is 0 Å². The Hall–Kier alpha value is -1.55. The van der Waals surface area contributed by atoms with Gasteiger partial charge in [0.25, 0.3) is 5.91 Å². The molecule has 1 unspecified atom stereocenters. The molecule has 0 bridgehead atoms. The molecule has 4 nitrogen and oxygen atoms in total. The van der Waals surface area contributed by atoms with E-state index in [0.717, 1.165) is 0 Å². The van der Waals surface area contributed by atoms with Crippen LogP contribution in [0.25, 0.3) is 0 Å². The maximum Gasteiger partial charge on any atom is 0.261 e. The summed E-state index contributed by atoms with van der Waals surface area (Å²) in [5, 5.41) is 11.7. The number of carbonyl (C=O) groups is 1. The molecule has 0 aliphatic carbocycles. The molecule has 0 radical (unpaired) electrons. The Morgan fingerprint density at radius 3 is 2.59 bits per heavy atom. The fourth-order valence-electron chi connectivity index (χ4n) is 1.35. The van der Waals surface area contributed by atoms with E-state index in [1.807, 2.05) is 37.3 Å². The topological polar surface area (TPSA) is 58.6 Å². The number of carbonyl (C=O) groups excluding carboxylic acids is 1. The molecule has 1 aromatic rings. The van der Waals surface area contributed by atoms with Crippen LogP contribution in [0.3, 0.4) is 0 Å². The zero-order valence-electron chi connectivity index (χ0n) is 10.2. The van der Waals surface area contributed by atoms with Gasteiger partial charge in [-0.25, -0.2) is 0 Å². The van der Waals surface area contributed by atoms with Crippen molar-refractivity contribution >= 4 is 5.91 Å². The lowest BCUT2D eigenvalue weighted by Crippen LogP contribution is -2.40. The van der Waals surface area contributed by atoms with E-state index in [1.165, 1.54) is 0 Å². The highest BCUT2D eigenvalue weighted by molar-refractivity contribution is 5.81. The van der Waals surface area contributed by atoms with Crippen LogP contribution in [0.2, 0.25) is 0 Å². The van der Waals surface area contributed by atoms with Gasteiger partial charge in [-0.15, -0.1) is 0 Å². The Balaban J connectivity index is 2.51. The third-order valence-corrected chi connectivity index (χ3v) is 2.26. The lowest BCUT2D eigenvalue weighted by molar-refractivity contribution is -0.128. The van der Waals surface area contributed by atoms with Gasteiger partial charge in [-0.1, -0.05) is 25.1 Å². The largest absolute Gasteiger partial charge is 0.481 e. The van der Waals surface area contributed by atoms with Crippen molar-refractivity contribution in [2.75, 3.05) is 6.54 Å². The summed E-state index contributed by atoms with van der Waals surface area (Å²) in [6.45, 7) is 3.75. The molecule has 0 saturated carbocycles. The lowest BCUT2D eigenvalue weighted by atomic mass is 10.2. The van der Waals surface area contributed by atoms with Crippen LogP contribution < -0.4 is 10.1 Å². The van der Waals surface area contributed by atoms with Crippen LogP contribution in [0.4, 0.5) is 0 Å². The summed E-state index contributed by atoms with van der Waals surface area (Å²) in [6.07, 6.45) is -0.482. The monoisotopic (exact) mass is 237 g/mol. The first-order chi connectivity index (χ1) is 8.13. The maximum absolute atomic E-state index is 11.7. The van der Waals surface area contributed by atoms with E-state index in [4.69, 9.17) is 9.84 Å². The van der Waals surface area contributed by atoms with Gasteiger partial charge in [0.1, 0.15) is 5.75 Å². The number of hydrogen-bond acceptors (Lipinski definition) is 3. The highest BCUT2D eigenvalue weighted by Gasteiger charge is 2.18. The summed E-state index contributed by atoms with van der Waals surface area (Å²) in [5.74, 6) is 0.476. The lowest BCUT2D eigenvalue weighted by Gasteiger charge is -2.17. The fraction of sp³-hybridized carbons (Fsp3) is 0.462. The van der Waals surface area contributed by atoms with Gasteiger partial charge in [0.15, 0.2) is 6.10 Å². The average Bonchev–Trinajstić information content (AvgIpc) is 2.34. The van der Waals surface area contributed by atoms with Crippen LogP contribution >= 0.6 is 0 Å². The molecule has 17 heavy (non-hydrogen) atoms. The third kappa shape index (κ3) is 4.87. The molecule has 0 aliphatic rings. The van der Waals surface area contributed by atoms with Crippen molar-refractivity contribution in [1.29, 1.82) is 0 Å². The van der Waals surface area contributed by atoms with E-state index in [1.54, 1.807) is 6.92 Å². The Bertz CT molecular complexity index is 338. The average molecular weight is 237 g/mol. The Labute approximate surface area is 102 Å². The zero-order chi connectivity index (χ0) is 12.7. The zero-order valence-corrected chi connectivity index (χ0v) is 10.2. The minimum absolute atomic E-state index is 0.197. The summed E-state index contributed by atoms with van der Waals surface area (Å²) in [7, 11) is 0. The smallest absolute Gasteiger partial charge is 0.261 e. The molecular formula is C13H19NO3. The molecule has 0 fully saturated rings. The number of ether oxygens (including phenoxy) is 1. The Morgan fingerprint density at radius 2 is 2.06 bits per heavy atom. The third-order valence-electron chi connectivity index (χ3n) is 2.26. The number of aliphatic hydroxyl groups excluding tert-OH is 1. The summed E-state index contributed by atoms with van der Waals surface area (Å²) in [4.78, 5) is 11.7. The molecule has 0 heterocycles. The highest BCUT2D eigenvalue weighted by Crippen LogP contribution is 2.12. The van der Waals surface area contributed by atoms with Crippen molar-refractivity contribution in [3.8, 4) is 5.75 Å². The molecule has 0 saturated heterocycles. The van der Waals surface area contributed by atoms with E-state index in [0.29, 0.717) is 12.2 Å². The molecule has 0 aromatic heterocycles. The van der Waals surface area contributed by atoms with Gasteiger partial charge in [-0.05, 0) is 25.5 Å². The van der Waals surface area contributed by atoms with Gasteiger partial charge in [-0.3, -0.25) is 4.79 Å². The van der Waals surface area contributed by atoms with E-state index in [-0.39, 0.29) is 12.5 Å². The van der Waals surface area contributed by atoms with Gasteiger partial charge >= 0.3 is 0 Å². The summed E-state index contributed by atoms with van der Waals surface area (Å²) >= 11 is 0. The molecule has 0 spiro atoms. The van der Waals surface area contributed by atoms with Crippen LogP contribution in [-0.2, 0) is 4.79 Å². The van der Waals surface area contributed by atoms with E-state index in [2.05, 4.69) is 5.32 Å². The summed E-state index contributed by atoms with van der Waals surface area (Å²) in [6, 6.07) is 9.22. The van der Waals surface area contributed by atoms with Crippen molar-refractivity contribution in [3.05, 3.63) is 30.3 Å². The Kier molecular flexibility index (Phi) is 5.49. The fourth-order valence-corrected chi connectivity index (χ4v) is 1.35. The molecule has 2 N–H and O–H groups in total. The standard InChI is InChI=1S/C13H19NO3/c1-3-12(13(16)14-9-10(2)15)17-11-7-5-4-6-8-11/h4-8,10,12,15H,3,9H2,1-2H3,(H,14,16)/t10-,12?/m0/s1. The predicted octanol–water partition coefficient (Wildman–Crippen LogP) is 1.34. The van der Waals surface area contributed by atoms with E-state index >= 15 is 0 Å². The first-order valence-electron chi connectivity index (χ1n) is 5.81. The number of amides is 1. The minimum Gasteiger partial charge on any atom is -0.481 e. The summed E-state index contributed by atoms with van der Waals surface area (Å²) < 4.78 is 5.56. The van der Waals surface area contributed by atoms with Crippen molar-refractivity contribution in [3.63, 3.8) is 0 Å². The van der Waals surface area contributed by atoms with Gasteiger partial charge < -0.3 is 15.2 Å². The van der Waals surface area contributed by atoms with Crippen molar-refractivity contribution in [2.45, 2.75) is 32.5 Å². The van der Waals surface area contributed by atoms with Crippen LogP contribution in [0.15, 0.2) is 30.3 Å². The van der Waals surface area contributed by atoms with Gasteiger partial charge in [0, 0.05) is 6.54 Å². The molecule has 2 atom stereocenters. The van der Waals surface area contributed by atoms with E-state index in [9.17, 15) is 4.79 Å². The number of para-hydroxylation sites is 1. The van der Waals surface area contributed by atoms with Crippen molar-refractivity contribution in [2.24, 2.45) is 0 Å². The van der Waals surface area contributed by atoms with Crippen LogP contribution in [0.5, 0.6) is 5.75 Å². The van der Waals surface area contributed by atoms with Crippen molar-refractivity contribution in [1.82, 2.24) is 5.32 Å². The van der Waals surface area contributed by atoms with Gasteiger partial charge in [0.05, 0.1) is 6.10 Å². The van der Waals surface area contributed by atoms with Crippen LogP contribution in [0, 0.1) is 0 Å². The molecule has 1 amide bonds. The molecule has 94 valence electrons. The maximum atomic E-state index is 11.7. The minimum atomic E-state index is -0.548. The second-order valence-corrected chi connectivity index (χ2v) is 3.92. The number of benzene rings is 1. The number of hydrogen-bond donors (Lipinski definition) is 2. The molecule has 4 heteroatoms. The molecule has 1 rings (SSSR count). The first kappa shape index (κ1) is 13.5. The van der Waals surface area contributed by atoms with E-state index < -0.39 is 12.2 Å². The Morgan fingerprint density at radius 1 is 1.41 bits per heavy atom. The molecular weight excluding hydrogens is 218 g/mol. The molecule has 1 aromatic carbocycles. The highest BCUT2D eigenvalue weighted by atomic mass is 16.5.